The first-order valence-corrected chi connectivity index (χ1v) is 6.91. The monoisotopic (exact) mass is 276 g/mol. The molecule has 0 unspecified atom stereocenters. The molecule has 0 amide bonds. The first-order chi connectivity index (χ1) is 8.52. The maximum Gasteiger partial charge on any atom is 0.243 e. The summed E-state index contributed by atoms with van der Waals surface area (Å²) in [5.41, 5.74) is 5.38. The van der Waals surface area contributed by atoms with Crippen molar-refractivity contribution in [2.45, 2.75) is 4.90 Å². The Hall–Kier alpha value is -1.02. The van der Waals surface area contributed by atoms with Gasteiger partial charge in [0, 0.05) is 26.7 Å². The zero-order valence-electron chi connectivity index (χ0n) is 10.2. The van der Waals surface area contributed by atoms with Crippen LogP contribution in [-0.2, 0) is 14.8 Å². The molecule has 18 heavy (non-hydrogen) atoms. The molecule has 1 rings (SSSR count). The normalized spacial score (nSPS) is 12.0. The summed E-state index contributed by atoms with van der Waals surface area (Å²) in [6.07, 6.45) is 0. The Morgan fingerprint density at radius 3 is 2.67 bits per heavy atom. The van der Waals surface area contributed by atoms with Crippen molar-refractivity contribution in [3.8, 4) is 0 Å². The number of hydrogen-bond donors (Lipinski definition) is 1. The molecule has 0 radical (unpaired) electrons. The smallest absolute Gasteiger partial charge is 0.243 e. The molecule has 2 N–H and O–H groups in total. The number of nitrogens with zero attached hydrogens (tertiary/aromatic N) is 1. The highest BCUT2D eigenvalue weighted by molar-refractivity contribution is 7.89. The molecule has 0 spiro atoms. The second-order valence-electron chi connectivity index (χ2n) is 3.64. The van der Waals surface area contributed by atoms with E-state index in [1.54, 1.807) is 0 Å². The van der Waals surface area contributed by atoms with E-state index in [0.717, 1.165) is 6.07 Å². The van der Waals surface area contributed by atoms with E-state index < -0.39 is 15.8 Å². The minimum absolute atomic E-state index is 0.0768. The van der Waals surface area contributed by atoms with Crippen LogP contribution in [0.25, 0.3) is 0 Å². The van der Waals surface area contributed by atoms with Gasteiger partial charge in [-0.25, -0.2) is 12.8 Å². The van der Waals surface area contributed by atoms with Gasteiger partial charge in [0.1, 0.15) is 5.82 Å². The van der Waals surface area contributed by atoms with Crippen LogP contribution in [0, 0.1) is 5.82 Å². The van der Waals surface area contributed by atoms with E-state index in [1.165, 1.54) is 29.6 Å². The highest BCUT2D eigenvalue weighted by atomic mass is 32.2. The van der Waals surface area contributed by atoms with Gasteiger partial charge in [0.15, 0.2) is 0 Å². The first kappa shape index (κ1) is 15.0. The molecule has 0 saturated carbocycles. The lowest BCUT2D eigenvalue weighted by atomic mass is 10.4. The number of sulfonamides is 1. The van der Waals surface area contributed by atoms with Gasteiger partial charge in [-0.1, -0.05) is 6.07 Å². The summed E-state index contributed by atoms with van der Waals surface area (Å²) in [6, 6.07) is 4.90. The molecule has 0 aliphatic carbocycles. The largest absolute Gasteiger partial charge is 0.383 e. The van der Waals surface area contributed by atoms with Crippen LogP contribution in [0.4, 0.5) is 4.39 Å². The molecule has 1 aromatic carbocycles. The van der Waals surface area contributed by atoms with E-state index in [4.69, 9.17) is 10.5 Å². The van der Waals surface area contributed by atoms with Crippen LogP contribution >= 0.6 is 0 Å². The second kappa shape index (κ2) is 6.79. The number of ether oxygens (including phenoxy) is 1. The zero-order valence-corrected chi connectivity index (χ0v) is 11.0. The fourth-order valence-corrected chi connectivity index (χ4v) is 2.94. The van der Waals surface area contributed by atoms with Crippen molar-refractivity contribution in [2.24, 2.45) is 5.73 Å². The highest BCUT2D eigenvalue weighted by Crippen LogP contribution is 2.16. The van der Waals surface area contributed by atoms with Crippen LogP contribution in [0.2, 0.25) is 0 Å². The lowest BCUT2D eigenvalue weighted by Crippen LogP contribution is -2.37. The fourth-order valence-electron chi connectivity index (χ4n) is 1.47. The summed E-state index contributed by atoms with van der Waals surface area (Å²) in [6.45, 7) is 0.807. The molecule has 0 aliphatic rings. The van der Waals surface area contributed by atoms with Crippen LogP contribution in [0.15, 0.2) is 29.2 Å². The Bertz CT molecular complexity index is 479. The summed E-state index contributed by atoms with van der Waals surface area (Å²) in [5.74, 6) is -0.587. The molecule has 0 fully saturated rings. The number of halogens is 1. The van der Waals surface area contributed by atoms with Gasteiger partial charge in [0.2, 0.25) is 10.0 Å². The Morgan fingerprint density at radius 2 is 2.11 bits per heavy atom. The molecule has 102 valence electrons. The lowest BCUT2D eigenvalue weighted by molar-refractivity contribution is 0.179. The quantitative estimate of drug-likeness (QED) is 0.783. The van der Waals surface area contributed by atoms with Gasteiger partial charge in [-0.05, 0) is 18.2 Å². The maximum atomic E-state index is 13.1. The Kier molecular flexibility index (Phi) is 5.67. The van der Waals surface area contributed by atoms with Crippen molar-refractivity contribution >= 4 is 10.0 Å². The van der Waals surface area contributed by atoms with E-state index in [-0.39, 0.29) is 31.1 Å². The van der Waals surface area contributed by atoms with Crippen LogP contribution in [0.5, 0.6) is 0 Å². The topological polar surface area (TPSA) is 72.6 Å². The van der Waals surface area contributed by atoms with Crippen molar-refractivity contribution in [3.63, 3.8) is 0 Å². The van der Waals surface area contributed by atoms with Crippen LogP contribution in [-0.4, -0.2) is 46.1 Å². The van der Waals surface area contributed by atoms with Gasteiger partial charge in [-0.2, -0.15) is 4.31 Å². The minimum Gasteiger partial charge on any atom is -0.383 e. The summed E-state index contributed by atoms with van der Waals surface area (Å²) in [5, 5.41) is 0. The van der Waals surface area contributed by atoms with Crippen LogP contribution in [0.3, 0.4) is 0 Å². The third-order valence-corrected chi connectivity index (χ3v) is 4.25. The number of rotatable bonds is 7. The van der Waals surface area contributed by atoms with Crippen molar-refractivity contribution < 1.29 is 17.5 Å². The van der Waals surface area contributed by atoms with Crippen molar-refractivity contribution in [2.75, 3.05) is 33.4 Å². The molecule has 0 atom stereocenters. The third kappa shape index (κ3) is 3.74. The minimum atomic E-state index is -3.72. The van der Waals surface area contributed by atoms with E-state index in [0.29, 0.717) is 0 Å². The van der Waals surface area contributed by atoms with E-state index >= 15 is 0 Å². The molecule has 0 saturated heterocycles. The molecule has 1 aromatic rings. The summed E-state index contributed by atoms with van der Waals surface area (Å²) < 4.78 is 43.6. The average Bonchev–Trinajstić information content (AvgIpc) is 2.34. The maximum absolute atomic E-state index is 13.1. The lowest BCUT2D eigenvalue weighted by Gasteiger charge is -2.21. The molecule has 5 nitrogen and oxygen atoms in total. The average molecular weight is 276 g/mol. The molecule has 0 aliphatic heterocycles. The Labute approximate surface area is 106 Å². The van der Waals surface area contributed by atoms with E-state index in [2.05, 4.69) is 0 Å². The number of nitrogens with two attached hydrogens (primary N) is 1. The van der Waals surface area contributed by atoms with Crippen molar-refractivity contribution in [1.29, 1.82) is 0 Å². The van der Waals surface area contributed by atoms with Crippen molar-refractivity contribution in [3.05, 3.63) is 30.1 Å². The summed E-state index contributed by atoms with van der Waals surface area (Å²) in [7, 11) is -2.24. The van der Waals surface area contributed by atoms with E-state index in [9.17, 15) is 12.8 Å². The SMILES string of the molecule is COCCN(CCN)S(=O)(=O)c1cccc(F)c1. The molecule has 0 aromatic heterocycles. The first-order valence-electron chi connectivity index (χ1n) is 5.47. The Balaban J connectivity index is 3.00. The number of hydrogen-bond acceptors (Lipinski definition) is 4. The molecule has 0 bridgehead atoms. The van der Waals surface area contributed by atoms with Gasteiger partial charge in [-0.15, -0.1) is 0 Å². The molecule has 7 heteroatoms. The summed E-state index contributed by atoms with van der Waals surface area (Å²) in [4.78, 5) is -0.0768. The molecular weight excluding hydrogens is 259 g/mol. The van der Waals surface area contributed by atoms with Gasteiger partial charge >= 0.3 is 0 Å². The number of methoxy groups -OCH3 is 1. The zero-order chi connectivity index (χ0) is 13.6. The van der Waals surface area contributed by atoms with E-state index in [1.807, 2.05) is 0 Å². The van der Waals surface area contributed by atoms with Gasteiger partial charge < -0.3 is 10.5 Å². The van der Waals surface area contributed by atoms with Crippen LogP contribution in [0.1, 0.15) is 0 Å². The molecular formula is C11H17FN2O3S. The van der Waals surface area contributed by atoms with Gasteiger partial charge in [0.05, 0.1) is 11.5 Å². The molecule has 0 heterocycles. The van der Waals surface area contributed by atoms with Gasteiger partial charge in [-0.3, -0.25) is 0 Å². The predicted octanol–water partition coefficient (Wildman–Crippen LogP) is 0.422. The Morgan fingerprint density at radius 1 is 1.39 bits per heavy atom. The van der Waals surface area contributed by atoms with Crippen molar-refractivity contribution in [1.82, 2.24) is 4.31 Å². The highest BCUT2D eigenvalue weighted by Gasteiger charge is 2.23. The fraction of sp³-hybridized carbons (Fsp3) is 0.455. The third-order valence-electron chi connectivity index (χ3n) is 2.36. The van der Waals surface area contributed by atoms with Crippen LogP contribution < -0.4 is 5.73 Å². The predicted molar refractivity (Wildman–Crippen MR) is 66.1 cm³/mol. The standard InChI is InChI=1S/C11H17FN2O3S/c1-17-8-7-14(6-5-13)18(15,16)11-4-2-3-10(12)9-11/h2-4,9H,5-8,13H2,1H3. The van der Waals surface area contributed by atoms with Gasteiger partial charge in [0.25, 0.3) is 0 Å². The summed E-state index contributed by atoms with van der Waals surface area (Å²) >= 11 is 0. The number of benzene rings is 1. The second-order valence-corrected chi connectivity index (χ2v) is 5.58.